The standard InChI is InChI=1S/C26H26N4O7S/c1-17(28-11-13-29(14-12-28)38(34,35)25-10-6-4-8-21(25)30(32)33)26(31)27-20-16-23-19(15-24(20)36-2)18-7-3-5-9-22(18)37-23/h3-10,15-17H,11-14H2,1-2H3,(H,27,31)/p+1/t17-/m0/s1. The number of ether oxygens (including phenoxy) is 1. The smallest absolute Gasteiger partial charge is 0.289 e. The van der Waals surface area contributed by atoms with E-state index >= 15 is 0 Å². The van der Waals surface area contributed by atoms with Gasteiger partial charge in [0.1, 0.15) is 16.9 Å². The van der Waals surface area contributed by atoms with E-state index in [4.69, 9.17) is 9.15 Å². The van der Waals surface area contributed by atoms with Crippen LogP contribution in [0.25, 0.3) is 21.9 Å². The molecule has 11 nitrogen and oxygen atoms in total. The molecule has 1 aliphatic heterocycles. The molecule has 3 aromatic carbocycles. The Bertz CT molecular complexity index is 1640. The van der Waals surface area contributed by atoms with Crippen molar-refractivity contribution < 1.29 is 32.2 Å². The predicted octanol–water partition coefficient (Wildman–Crippen LogP) is 2.42. The predicted molar refractivity (Wildman–Crippen MR) is 141 cm³/mol. The third-order valence-electron chi connectivity index (χ3n) is 7.01. The number of anilines is 1. The number of hydrogen-bond donors (Lipinski definition) is 2. The number of nitro groups is 1. The number of carbonyl (C=O) groups excluding carboxylic acids is 1. The SMILES string of the molecule is COc1cc2c(cc1NC(=O)[C@H](C)[NH+]1CCN(S(=O)(=O)c3ccccc3[N+](=O)[O-])CC1)oc1ccccc12. The van der Waals surface area contributed by atoms with Gasteiger partial charge < -0.3 is 19.4 Å². The first-order chi connectivity index (χ1) is 18.2. The van der Waals surface area contributed by atoms with Gasteiger partial charge in [-0.05, 0) is 25.1 Å². The Labute approximate surface area is 218 Å². The minimum absolute atomic E-state index is 0.135. The number of furan rings is 1. The van der Waals surface area contributed by atoms with Gasteiger partial charge in [-0.15, -0.1) is 0 Å². The van der Waals surface area contributed by atoms with Gasteiger partial charge in [0.2, 0.25) is 10.0 Å². The zero-order chi connectivity index (χ0) is 27.0. The Morgan fingerprint density at radius 3 is 2.47 bits per heavy atom. The lowest BCUT2D eigenvalue weighted by molar-refractivity contribution is -0.917. The van der Waals surface area contributed by atoms with E-state index < -0.39 is 26.7 Å². The van der Waals surface area contributed by atoms with Crippen LogP contribution >= 0.6 is 0 Å². The van der Waals surface area contributed by atoms with Crippen molar-refractivity contribution in [1.29, 1.82) is 0 Å². The van der Waals surface area contributed by atoms with Crippen molar-refractivity contribution in [1.82, 2.24) is 4.31 Å². The third-order valence-corrected chi connectivity index (χ3v) is 8.95. The molecule has 0 saturated carbocycles. The Morgan fingerprint density at radius 1 is 1.08 bits per heavy atom. The number of nitrogens with zero attached hydrogens (tertiary/aromatic N) is 2. The molecule has 1 aromatic heterocycles. The second-order valence-electron chi connectivity index (χ2n) is 9.14. The highest BCUT2D eigenvalue weighted by Gasteiger charge is 2.37. The number of nitrogens with one attached hydrogen (secondary N) is 2. The summed E-state index contributed by atoms with van der Waals surface area (Å²) in [5, 5.41) is 16.1. The molecule has 38 heavy (non-hydrogen) atoms. The first kappa shape index (κ1) is 25.6. The normalized spacial score (nSPS) is 15.9. The monoisotopic (exact) mass is 539 g/mol. The van der Waals surface area contributed by atoms with Crippen molar-refractivity contribution in [3.63, 3.8) is 0 Å². The summed E-state index contributed by atoms with van der Waals surface area (Å²) in [5.74, 6) is 0.253. The number of quaternary nitrogens is 1. The average Bonchev–Trinajstić information content (AvgIpc) is 3.29. The largest absolute Gasteiger partial charge is 0.495 e. The molecule has 2 heterocycles. The fourth-order valence-corrected chi connectivity index (χ4v) is 6.46. The Kier molecular flexibility index (Phi) is 6.78. The van der Waals surface area contributed by atoms with Crippen LogP contribution in [0.15, 0.2) is 70.0 Å². The lowest BCUT2D eigenvalue weighted by Gasteiger charge is -2.34. The molecule has 2 N–H and O–H groups in total. The maximum atomic E-state index is 13.2. The number of sulfonamides is 1. The van der Waals surface area contributed by atoms with E-state index in [1.54, 1.807) is 13.0 Å². The number of piperazine rings is 1. The average molecular weight is 540 g/mol. The number of para-hydroxylation sites is 2. The molecule has 0 spiro atoms. The number of benzene rings is 3. The molecule has 12 heteroatoms. The zero-order valence-corrected chi connectivity index (χ0v) is 21.7. The van der Waals surface area contributed by atoms with Crippen LogP contribution < -0.4 is 15.0 Å². The summed E-state index contributed by atoms with van der Waals surface area (Å²) in [7, 11) is -2.51. The second kappa shape index (κ2) is 10.0. The molecule has 4 aromatic rings. The number of carbonyl (C=O) groups is 1. The maximum Gasteiger partial charge on any atom is 0.289 e. The molecule has 1 fully saturated rings. The highest BCUT2D eigenvalue weighted by Crippen LogP contribution is 2.36. The highest BCUT2D eigenvalue weighted by atomic mass is 32.2. The van der Waals surface area contributed by atoms with E-state index in [-0.39, 0.29) is 23.9 Å². The van der Waals surface area contributed by atoms with Gasteiger partial charge in [-0.25, -0.2) is 8.42 Å². The van der Waals surface area contributed by atoms with E-state index in [1.807, 2.05) is 30.3 Å². The van der Waals surface area contributed by atoms with Crippen LogP contribution in [0.1, 0.15) is 6.92 Å². The van der Waals surface area contributed by atoms with Crippen LogP contribution in [-0.4, -0.2) is 62.9 Å². The van der Waals surface area contributed by atoms with E-state index in [0.29, 0.717) is 30.1 Å². The summed E-state index contributed by atoms with van der Waals surface area (Å²) in [4.78, 5) is 24.4. The number of nitro benzene ring substituents is 1. The lowest BCUT2D eigenvalue weighted by Crippen LogP contribution is -3.19. The Balaban J connectivity index is 1.29. The summed E-state index contributed by atoms with van der Waals surface area (Å²) in [6.45, 7) is 2.79. The molecule has 198 valence electrons. The fourth-order valence-electron chi connectivity index (χ4n) is 4.86. The Hall–Kier alpha value is -4.00. The van der Waals surface area contributed by atoms with Crippen LogP contribution in [0.5, 0.6) is 5.75 Å². The van der Waals surface area contributed by atoms with Gasteiger partial charge in [0, 0.05) is 22.9 Å². The first-order valence-corrected chi connectivity index (χ1v) is 13.5. The topological polar surface area (TPSA) is 136 Å². The molecule has 5 rings (SSSR count). The van der Waals surface area contributed by atoms with Gasteiger partial charge in [-0.3, -0.25) is 14.9 Å². The third kappa shape index (κ3) is 4.57. The lowest BCUT2D eigenvalue weighted by atomic mass is 10.1. The minimum atomic E-state index is -4.05. The van der Waals surface area contributed by atoms with Crippen molar-refractivity contribution in [2.45, 2.75) is 17.9 Å². The first-order valence-electron chi connectivity index (χ1n) is 12.1. The molecule has 0 aliphatic carbocycles. The Morgan fingerprint density at radius 2 is 1.76 bits per heavy atom. The van der Waals surface area contributed by atoms with Gasteiger partial charge in [0.05, 0.1) is 43.9 Å². The minimum Gasteiger partial charge on any atom is -0.495 e. The molecule has 1 amide bonds. The molecule has 1 aliphatic rings. The molecular formula is C26H27N4O7S+. The van der Waals surface area contributed by atoms with Gasteiger partial charge in [0.15, 0.2) is 10.9 Å². The van der Waals surface area contributed by atoms with E-state index in [0.717, 1.165) is 21.3 Å². The van der Waals surface area contributed by atoms with Gasteiger partial charge >= 0.3 is 0 Å². The number of fused-ring (bicyclic) bond motifs is 3. The van der Waals surface area contributed by atoms with Gasteiger partial charge in [-0.1, -0.05) is 30.3 Å². The van der Waals surface area contributed by atoms with Gasteiger partial charge in [-0.2, -0.15) is 4.31 Å². The molecule has 1 saturated heterocycles. The fraction of sp³-hybridized carbons (Fsp3) is 0.269. The van der Waals surface area contributed by atoms with Crippen molar-refractivity contribution in [3.05, 3.63) is 70.8 Å². The zero-order valence-electron chi connectivity index (χ0n) is 20.8. The number of methoxy groups -OCH3 is 1. The second-order valence-corrected chi connectivity index (χ2v) is 11.1. The van der Waals surface area contributed by atoms with Crippen molar-refractivity contribution in [2.24, 2.45) is 0 Å². The number of amides is 1. The van der Waals surface area contributed by atoms with Crippen LogP contribution in [-0.2, 0) is 14.8 Å². The quantitative estimate of drug-likeness (QED) is 0.272. The summed E-state index contributed by atoms with van der Waals surface area (Å²) in [5.41, 5.74) is 1.38. The molecule has 1 atom stereocenters. The molecule has 0 unspecified atom stereocenters. The molecule has 0 bridgehead atoms. The summed E-state index contributed by atoms with van der Waals surface area (Å²) < 4.78 is 38.9. The van der Waals surface area contributed by atoms with Crippen LogP contribution in [0.4, 0.5) is 11.4 Å². The number of hydrogen-bond acceptors (Lipinski definition) is 7. The number of rotatable bonds is 7. The van der Waals surface area contributed by atoms with Crippen LogP contribution in [0, 0.1) is 10.1 Å². The van der Waals surface area contributed by atoms with Gasteiger partial charge in [0.25, 0.3) is 11.6 Å². The van der Waals surface area contributed by atoms with Crippen molar-refractivity contribution in [3.8, 4) is 5.75 Å². The molecular weight excluding hydrogens is 512 g/mol. The van der Waals surface area contributed by atoms with E-state index in [1.165, 1.54) is 35.7 Å². The maximum absolute atomic E-state index is 13.2. The summed E-state index contributed by atoms with van der Waals surface area (Å²) >= 11 is 0. The summed E-state index contributed by atoms with van der Waals surface area (Å²) in [6.07, 6.45) is 0. The molecule has 0 radical (unpaired) electrons. The highest BCUT2D eigenvalue weighted by molar-refractivity contribution is 7.89. The van der Waals surface area contributed by atoms with Crippen LogP contribution in [0.2, 0.25) is 0 Å². The van der Waals surface area contributed by atoms with Crippen molar-refractivity contribution in [2.75, 3.05) is 38.6 Å². The summed E-state index contributed by atoms with van der Waals surface area (Å²) in [6, 6.07) is 16.1. The van der Waals surface area contributed by atoms with E-state index in [2.05, 4.69) is 5.32 Å². The van der Waals surface area contributed by atoms with E-state index in [9.17, 15) is 23.3 Å². The van der Waals surface area contributed by atoms with Crippen molar-refractivity contribution >= 4 is 49.2 Å². The van der Waals surface area contributed by atoms with Crippen LogP contribution in [0.3, 0.4) is 0 Å².